The lowest BCUT2D eigenvalue weighted by Crippen LogP contribution is -2.06. The highest BCUT2D eigenvalue weighted by Gasteiger charge is 2.08. The van der Waals surface area contributed by atoms with Crippen molar-refractivity contribution >= 4 is 39.0 Å². The number of fused-ring (bicyclic) bond motifs is 1. The van der Waals surface area contributed by atoms with Crippen LogP contribution in [0.3, 0.4) is 0 Å². The van der Waals surface area contributed by atoms with Crippen molar-refractivity contribution in [2.24, 2.45) is 0 Å². The Morgan fingerprint density at radius 2 is 2.20 bits per heavy atom. The minimum atomic E-state index is 0.263. The SMILES string of the molecule is CCc1cccnc1CNc1nc(Cl)nc2sccc12. The monoisotopic (exact) mass is 304 g/mol. The number of halogens is 1. The number of anilines is 1. The number of nitrogens with one attached hydrogen (secondary N) is 1. The van der Waals surface area contributed by atoms with E-state index >= 15 is 0 Å². The van der Waals surface area contributed by atoms with Crippen molar-refractivity contribution in [3.8, 4) is 0 Å². The maximum absolute atomic E-state index is 5.95. The highest BCUT2D eigenvalue weighted by molar-refractivity contribution is 7.16. The first kappa shape index (κ1) is 13.3. The Morgan fingerprint density at radius 1 is 1.30 bits per heavy atom. The standard InChI is InChI=1S/C14H13ClN4S/c1-2-9-4-3-6-16-11(9)8-17-12-10-5-7-20-13(10)19-14(15)18-12/h3-7H,2,8H2,1H3,(H,17,18,19). The maximum Gasteiger partial charge on any atom is 0.225 e. The Bertz CT molecular complexity index is 741. The van der Waals surface area contributed by atoms with Gasteiger partial charge in [-0.2, -0.15) is 0 Å². The molecule has 0 unspecified atom stereocenters. The molecule has 0 amide bonds. The lowest BCUT2D eigenvalue weighted by molar-refractivity contribution is 0.965. The Hall–Kier alpha value is -1.72. The van der Waals surface area contributed by atoms with E-state index in [1.54, 1.807) is 11.3 Å². The molecule has 0 spiro atoms. The number of nitrogens with zero attached hydrogens (tertiary/aromatic N) is 3. The van der Waals surface area contributed by atoms with Crippen molar-refractivity contribution < 1.29 is 0 Å². The fourth-order valence-electron chi connectivity index (χ4n) is 2.08. The molecule has 0 saturated carbocycles. The molecule has 0 radical (unpaired) electrons. The zero-order valence-electron chi connectivity index (χ0n) is 10.9. The summed E-state index contributed by atoms with van der Waals surface area (Å²) in [5, 5.41) is 6.56. The molecule has 3 heterocycles. The van der Waals surface area contributed by atoms with Crippen LogP contribution in [0.2, 0.25) is 5.28 Å². The van der Waals surface area contributed by atoms with Gasteiger partial charge in [-0.15, -0.1) is 11.3 Å². The molecule has 102 valence electrons. The first-order valence-electron chi connectivity index (χ1n) is 6.35. The van der Waals surface area contributed by atoms with Gasteiger partial charge in [0.15, 0.2) is 0 Å². The van der Waals surface area contributed by atoms with Crippen molar-refractivity contribution in [2.75, 3.05) is 5.32 Å². The molecule has 3 aromatic rings. The van der Waals surface area contributed by atoms with Gasteiger partial charge in [0, 0.05) is 6.20 Å². The van der Waals surface area contributed by atoms with Gasteiger partial charge >= 0.3 is 0 Å². The van der Waals surface area contributed by atoms with Gasteiger partial charge in [-0.05, 0) is 41.1 Å². The average Bonchev–Trinajstić information content (AvgIpc) is 2.93. The molecule has 0 saturated heterocycles. The van der Waals surface area contributed by atoms with Crippen LogP contribution in [0.25, 0.3) is 10.2 Å². The molecule has 4 nitrogen and oxygen atoms in total. The van der Waals surface area contributed by atoms with Crippen LogP contribution in [0, 0.1) is 0 Å². The average molecular weight is 305 g/mol. The summed E-state index contributed by atoms with van der Waals surface area (Å²) in [6.07, 6.45) is 2.77. The smallest absolute Gasteiger partial charge is 0.225 e. The molecule has 3 aromatic heterocycles. The zero-order valence-corrected chi connectivity index (χ0v) is 12.5. The molecule has 1 N–H and O–H groups in total. The molecule has 20 heavy (non-hydrogen) atoms. The number of pyridine rings is 1. The molecular formula is C14H13ClN4S. The molecule has 0 aliphatic heterocycles. The van der Waals surface area contributed by atoms with E-state index in [0.29, 0.717) is 6.54 Å². The van der Waals surface area contributed by atoms with Gasteiger partial charge in [0.1, 0.15) is 10.6 Å². The molecule has 0 fully saturated rings. The quantitative estimate of drug-likeness (QED) is 0.742. The van der Waals surface area contributed by atoms with E-state index in [9.17, 15) is 0 Å². The van der Waals surface area contributed by atoms with Crippen molar-refractivity contribution in [3.05, 3.63) is 46.3 Å². The van der Waals surface area contributed by atoms with E-state index < -0.39 is 0 Å². The van der Waals surface area contributed by atoms with Crippen LogP contribution in [0.5, 0.6) is 0 Å². The summed E-state index contributed by atoms with van der Waals surface area (Å²) in [5.41, 5.74) is 2.27. The summed E-state index contributed by atoms with van der Waals surface area (Å²) in [4.78, 5) is 13.8. The Labute approximate surface area is 125 Å². The van der Waals surface area contributed by atoms with E-state index in [1.165, 1.54) is 5.56 Å². The van der Waals surface area contributed by atoms with Crippen LogP contribution in [-0.4, -0.2) is 15.0 Å². The van der Waals surface area contributed by atoms with Gasteiger partial charge in [0.05, 0.1) is 17.6 Å². The summed E-state index contributed by atoms with van der Waals surface area (Å²) >= 11 is 7.50. The number of aromatic nitrogens is 3. The molecule has 0 aromatic carbocycles. The Balaban J connectivity index is 1.88. The molecule has 0 atom stereocenters. The summed E-state index contributed by atoms with van der Waals surface area (Å²) in [6.45, 7) is 2.75. The second-order valence-electron chi connectivity index (χ2n) is 4.30. The molecule has 0 aliphatic carbocycles. The number of hydrogen-bond acceptors (Lipinski definition) is 5. The molecule has 0 bridgehead atoms. The largest absolute Gasteiger partial charge is 0.364 e. The van der Waals surface area contributed by atoms with Crippen LogP contribution in [-0.2, 0) is 13.0 Å². The third kappa shape index (κ3) is 2.59. The Morgan fingerprint density at radius 3 is 3.05 bits per heavy atom. The van der Waals surface area contributed by atoms with E-state index in [4.69, 9.17) is 11.6 Å². The van der Waals surface area contributed by atoms with E-state index in [0.717, 1.165) is 28.1 Å². The predicted molar refractivity (Wildman–Crippen MR) is 83.4 cm³/mol. The first-order valence-corrected chi connectivity index (χ1v) is 7.61. The van der Waals surface area contributed by atoms with Crippen molar-refractivity contribution in [1.29, 1.82) is 0 Å². The van der Waals surface area contributed by atoms with Crippen molar-refractivity contribution in [3.63, 3.8) is 0 Å². The number of rotatable bonds is 4. The summed E-state index contributed by atoms with van der Waals surface area (Å²) < 4.78 is 0. The van der Waals surface area contributed by atoms with Crippen molar-refractivity contribution in [1.82, 2.24) is 15.0 Å². The summed E-state index contributed by atoms with van der Waals surface area (Å²) in [5.74, 6) is 0.758. The minimum absolute atomic E-state index is 0.263. The fourth-order valence-corrected chi connectivity index (χ4v) is 3.07. The minimum Gasteiger partial charge on any atom is -0.364 e. The van der Waals surface area contributed by atoms with Crippen LogP contribution in [0.4, 0.5) is 5.82 Å². The summed E-state index contributed by atoms with van der Waals surface area (Å²) in [6, 6.07) is 6.05. The van der Waals surface area contributed by atoms with Gasteiger partial charge in [0.25, 0.3) is 0 Å². The second-order valence-corrected chi connectivity index (χ2v) is 5.53. The normalized spacial score (nSPS) is 10.9. The number of aryl methyl sites for hydroxylation is 1. The van der Waals surface area contributed by atoms with E-state index in [1.807, 2.05) is 23.7 Å². The van der Waals surface area contributed by atoms with Crippen LogP contribution in [0.15, 0.2) is 29.8 Å². The molecular weight excluding hydrogens is 292 g/mol. The highest BCUT2D eigenvalue weighted by atomic mass is 35.5. The molecule has 6 heteroatoms. The van der Waals surface area contributed by atoms with Gasteiger partial charge in [-0.25, -0.2) is 9.97 Å². The van der Waals surface area contributed by atoms with Crippen LogP contribution < -0.4 is 5.32 Å². The topological polar surface area (TPSA) is 50.7 Å². The third-order valence-corrected chi connectivity index (χ3v) is 4.06. The van der Waals surface area contributed by atoms with E-state index in [2.05, 4.69) is 33.3 Å². The zero-order chi connectivity index (χ0) is 13.9. The summed E-state index contributed by atoms with van der Waals surface area (Å²) in [7, 11) is 0. The maximum atomic E-state index is 5.95. The second kappa shape index (κ2) is 5.73. The molecule has 0 aliphatic rings. The highest BCUT2D eigenvalue weighted by Crippen LogP contribution is 2.26. The first-order chi connectivity index (χ1) is 9.78. The van der Waals surface area contributed by atoms with Gasteiger partial charge in [0.2, 0.25) is 5.28 Å². The lowest BCUT2D eigenvalue weighted by atomic mass is 10.1. The lowest BCUT2D eigenvalue weighted by Gasteiger charge is -2.09. The van der Waals surface area contributed by atoms with Crippen LogP contribution >= 0.6 is 22.9 Å². The third-order valence-electron chi connectivity index (χ3n) is 3.09. The van der Waals surface area contributed by atoms with Gasteiger partial charge in [-0.3, -0.25) is 4.98 Å². The fraction of sp³-hybridized carbons (Fsp3) is 0.214. The van der Waals surface area contributed by atoms with E-state index in [-0.39, 0.29) is 5.28 Å². The van der Waals surface area contributed by atoms with Crippen LogP contribution in [0.1, 0.15) is 18.2 Å². The van der Waals surface area contributed by atoms with Crippen molar-refractivity contribution in [2.45, 2.75) is 19.9 Å². The molecule has 3 rings (SSSR count). The number of hydrogen-bond donors (Lipinski definition) is 1. The predicted octanol–water partition coefficient (Wildman–Crippen LogP) is 3.91. The number of thiophene rings is 1. The van der Waals surface area contributed by atoms with Gasteiger partial charge in [-0.1, -0.05) is 13.0 Å². The Kier molecular flexibility index (Phi) is 3.80. The van der Waals surface area contributed by atoms with Gasteiger partial charge < -0.3 is 5.32 Å².